The van der Waals surface area contributed by atoms with E-state index in [0.717, 1.165) is 18.4 Å². The van der Waals surface area contributed by atoms with Gasteiger partial charge in [0, 0.05) is 7.05 Å². The van der Waals surface area contributed by atoms with Gasteiger partial charge in [0.05, 0.1) is 13.0 Å². The number of hydrogen-bond donors (Lipinski definition) is 0. The number of fused-ring (bicyclic) bond motifs is 1. The number of carbonyl (C=O) groups excluding carboxylic acids is 2. The van der Waals surface area contributed by atoms with Crippen LogP contribution in [0.4, 0.5) is 0 Å². The molecule has 0 radical (unpaired) electrons. The van der Waals surface area contributed by atoms with Crippen molar-refractivity contribution in [3.63, 3.8) is 0 Å². The summed E-state index contributed by atoms with van der Waals surface area (Å²) in [7, 11) is 2.99. The van der Waals surface area contributed by atoms with Gasteiger partial charge in [-0.05, 0) is 30.9 Å². The van der Waals surface area contributed by atoms with Gasteiger partial charge in [-0.1, -0.05) is 24.3 Å². The topological polar surface area (TPSA) is 46.6 Å². The molecule has 0 aliphatic heterocycles. The van der Waals surface area contributed by atoms with E-state index < -0.39 is 6.04 Å². The van der Waals surface area contributed by atoms with E-state index >= 15 is 0 Å². The molecule has 1 aliphatic carbocycles. The molecule has 0 aromatic heterocycles. The summed E-state index contributed by atoms with van der Waals surface area (Å²) < 4.78 is 4.68. The third kappa shape index (κ3) is 2.48. The number of methoxy groups -OCH3 is 1. The third-order valence-corrected chi connectivity index (χ3v) is 3.90. The lowest BCUT2D eigenvalue weighted by Crippen LogP contribution is -2.42. The molecule has 0 saturated carbocycles. The summed E-state index contributed by atoms with van der Waals surface area (Å²) in [6.07, 6.45) is 1.74. The zero-order valence-electron chi connectivity index (χ0n) is 11.6. The minimum atomic E-state index is -0.551. The predicted molar refractivity (Wildman–Crippen MR) is 71.8 cm³/mol. The van der Waals surface area contributed by atoms with E-state index in [0.29, 0.717) is 0 Å². The van der Waals surface area contributed by atoms with E-state index in [1.54, 1.807) is 14.0 Å². The van der Waals surface area contributed by atoms with Crippen molar-refractivity contribution in [2.45, 2.75) is 31.7 Å². The molecule has 0 saturated heterocycles. The summed E-state index contributed by atoms with van der Waals surface area (Å²) in [5.74, 6) is -0.529. The number of carbonyl (C=O) groups is 2. The largest absolute Gasteiger partial charge is 0.467 e. The average molecular weight is 261 g/mol. The van der Waals surface area contributed by atoms with Crippen molar-refractivity contribution in [3.05, 3.63) is 35.4 Å². The van der Waals surface area contributed by atoms with E-state index in [-0.39, 0.29) is 17.8 Å². The van der Waals surface area contributed by atoms with Crippen molar-refractivity contribution in [3.8, 4) is 0 Å². The molecule has 102 valence electrons. The summed E-state index contributed by atoms with van der Waals surface area (Å²) in [6.45, 7) is 1.69. The zero-order chi connectivity index (χ0) is 14.0. The number of hydrogen-bond acceptors (Lipinski definition) is 3. The fraction of sp³-hybridized carbons (Fsp3) is 0.467. The normalized spacial score (nSPS) is 18.6. The molecule has 4 heteroatoms. The Morgan fingerprint density at radius 2 is 2.05 bits per heavy atom. The molecule has 2 atom stereocenters. The maximum atomic E-state index is 12.5. The van der Waals surface area contributed by atoms with Crippen LogP contribution in [0, 0.1) is 0 Å². The quantitative estimate of drug-likeness (QED) is 0.779. The highest BCUT2D eigenvalue weighted by Gasteiger charge is 2.33. The van der Waals surface area contributed by atoms with Crippen LogP contribution in [0.5, 0.6) is 0 Å². The lowest BCUT2D eigenvalue weighted by Gasteiger charge is -2.26. The Labute approximate surface area is 113 Å². The number of esters is 1. The molecule has 1 amide bonds. The van der Waals surface area contributed by atoms with Crippen molar-refractivity contribution < 1.29 is 14.3 Å². The van der Waals surface area contributed by atoms with Crippen LogP contribution in [0.1, 0.15) is 30.4 Å². The van der Waals surface area contributed by atoms with Gasteiger partial charge < -0.3 is 9.64 Å². The Morgan fingerprint density at radius 3 is 2.74 bits per heavy atom. The monoisotopic (exact) mass is 261 g/mol. The van der Waals surface area contributed by atoms with Gasteiger partial charge in [0.15, 0.2) is 0 Å². The van der Waals surface area contributed by atoms with Crippen molar-refractivity contribution in [2.24, 2.45) is 0 Å². The predicted octanol–water partition coefficient (Wildman–Crippen LogP) is 1.74. The van der Waals surface area contributed by atoms with Gasteiger partial charge in [0.25, 0.3) is 0 Å². The van der Waals surface area contributed by atoms with Gasteiger partial charge in [0.2, 0.25) is 5.91 Å². The first-order valence-corrected chi connectivity index (χ1v) is 6.48. The van der Waals surface area contributed by atoms with Crippen LogP contribution in [-0.2, 0) is 20.7 Å². The number of aryl methyl sites for hydroxylation is 1. The van der Waals surface area contributed by atoms with Gasteiger partial charge in [-0.3, -0.25) is 4.79 Å². The first-order valence-electron chi connectivity index (χ1n) is 6.48. The standard InChI is InChI=1S/C15H19NO3/c1-10(15(18)19-3)16(2)14(17)13-9-8-11-6-4-5-7-12(11)13/h4-7,10,13H,8-9H2,1-3H3/t10-,13-/m0/s1. The summed E-state index contributed by atoms with van der Waals surface area (Å²) in [5, 5.41) is 0. The second kappa shape index (κ2) is 5.43. The summed E-state index contributed by atoms with van der Waals surface area (Å²) in [4.78, 5) is 25.5. The van der Waals surface area contributed by atoms with E-state index in [9.17, 15) is 9.59 Å². The first-order chi connectivity index (χ1) is 9.06. The zero-order valence-corrected chi connectivity index (χ0v) is 11.6. The first kappa shape index (κ1) is 13.6. The Balaban J connectivity index is 2.16. The minimum absolute atomic E-state index is 0.0112. The molecule has 0 heterocycles. The maximum absolute atomic E-state index is 12.5. The van der Waals surface area contributed by atoms with Crippen LogP contribution < -0.4 is 0 Å². The molecular weight excluding hydrogens is 242 g/mol. The van der Waals surface area contributed by atoms with E-state index in [4.69, 9.17) is 0 Å². The Bertz CT molecular complexity index is 498. The minimum Gasteiger partial charge on any atom is -0.467 e. The average Bonchev–Trinajstić information content (AvgIpc) is 2.87. The van der Waals surface area contributed by atoms with Crippen LogP contribution in [0.2, 0.25) is 0 Å². The van der Waals surface area contributed by atoms with Gasteiger partial charge >= 0.3 is 5.97 Å². The lowest BCUT2D eigenvalue weighted by molar-refractivity contribution is -0.151. The van der Waals surface area contributed by atoms with Gasteiger partial charge in [-0.2, -0.15) is 0 Å². The van der Waals surface area contributed by atoms with Gasteiger partial charge in [0.1, 0.15) is 6.04 Å². The fourth-order valence-corrected chi connectivity index (χ4v) is 2.58. The molecule has 0 spiro atoms. The highest BCUT2D eigenvalue weighted by Crippen LogP contribution is 2.34. The number of nitrogens with zero attached hydrogens (tertiary/aromatic N) is 1. The molecule has 19 heavy (non-hydrogen) atoms. The third-order valence-electron chi connectivity index (χ3n) is 3.90. The van der Waals surface area contributed by atoms with Crippen LogP contribution in [-0.4, -0.2) is 37.0 Å². The summed E-state index contributed by atoms with van der Waals surface area (Å²) >= 11 is 0. The second-order valence-electron chi connectivity index (χ2n) is 4.94. The van der Waals surface area contributed by atoms with Crippen LogP contribution in [0.25, 0.3) is 0 Å². The molecule has 2 rings (SSSR count). The van der Waals surface area contributed by atoms with Crippen LogP contribution >= 0.6 is 0 Å². The number of benzene rings is 1. The maximum Gasteiger partial charge on any atom is 0.328 e. The molecule has 1 aromatic rings. The fourth-order valence-electron chi connectivity index (χ4n) is 2.58. The van der Waals surface area contributed by atoms with Crippen LogP contribution in [0.15, 0.2) is 24.3 Å². The number of rotatable bonds is 3. The molecule has 0 fully saturated rings. The molecule has 0 unspecified atom stereocenters. The molecule has 4 nitrogen and oxygen atoms in total. The van der Waals surface area contributed by atoms with Crippen molar-refractivity contribution in [1.82, 2.24) is 4.90 Å². The summed E-state index contributed by atoms with van der Waals surface area (Å²) in [5.41, 5.74) is 2.33. The van der Waals surface area contributed by atoms with Crippen molar-refractivity contribution in [1.29, 1.82) is 0 Å². The van der Waals surface area contributed by atoms with Gasteiger partial charge in [-0.15, -0.1) is 0 Å². The summed E-state index contributed by atoms with van der Waals surface area (Å²) in [6, 6.07) is 7.46. The van der Waals surface area contributed by atoms with Gasteiger partial charge in [-0.25, -0.2) is 4.79 Å². The molecular formula is C15H19NO3. The highest BCUT2D eigenvalue weighted by atomic mass is 16.5. The number of likely N-dealkylation sites (N-methyl/N-ethyl adjacent to an activating group) is 1. The van der Waals surface area contributed by atoms with E-state index in [2.05, 4.69) is 10.8 Å². The number of ether oxygens (including phenoxy) is 1. The smallest absolute Gasteiger partial charge is 0.328 e. The van der Waals surface area contributed by atoms with E-state index in [1.807, 2.05) is 18.2 Å². The lowest BCUT2D eigenvalue weighted by atomic mass is 9.99. The molecule has 1 aliphatic rings. The van der Waals surface area contributed by atoms with E-state index in [1.165, 1.54) is 17.6 Å². The molecule has 0 N–H and O–H groups in total. The molecule has 0 bridgehead atoms. The Kier molecular flexibility index (Phi) is 3.88. The molecule has 1 aromatic carbocycles. The number of amides is 1. The SMILES string of the molecule is COC(=O)[C@H](C)N(C)C(=O)[C@H]1CCc2ccccc21. The Morgan fingerprint density at radius 1 is 1.37 bits per heavy atom. The van der Waals surface area contributed by atoms with Crippen LogP contribution in [0.3, 0.4) is 0 Å². The Hall–Kier alpha value is -1.84. The highest BCUT2D eigenvalue weighted by molar-refractivity contribution is 5.89. The second-order valence-corrected chi connectivity index (χ2v) is 4.94. The van der Waals surface area contributed by atoms with Crippen molar-refractivity contribution >= 4 is 11.9 Å². The van der Waals surface area contributed by atoms with Crippen molar-refractivity contribution in [2.75, 3.05) is 14.2 Å².